The SMILES string of the molecule is CC(C)(C)C1CC(C2c3nc[nH]c3CCN2CC2CCCC2)NN1. The molecule has 1 aromatic rings. The summed E-state index contributed by atoms with van der Waals surface area (Å²) < 4.78 is 0. The lowest BCUT2D eigenvalue weighted by atomic mass is 9.82. The molecule has 134 valence electrons. The van der Waals surface area contributed by atoms with Gasteiger partial charge < -0.3 is 4.98 Å². The zero-order valence-corrected chi connectivity index (χ0v) is 15.4. The third-order valence-corrected chi connectivity index (χ3v) is 6.40. The molecule has 0 radical (unpaired) electrons. The fourth-order valence-corrected chi connectivity index (χ4v) is 4.89. The lowest BCUT2D eigenvalue weighted by Gasteiger charge is -2.39. The highest BCUT2D eigenvalue weighted by Crippen LogP contribution is 2.37. The van der Waals surface area contributed by atoms with Crippen molar-refractivity contribution in [2.45, 2.75) is 77.4 Å². The molecule has 5 heteroatoms. The Morgan fingerprint density at radius 1 is 1.21 bits per heavy atom. The molecule has 3 aliphatic rings. The molecule has 1 aliphatic carbocycles. The summed E-state index contributed by atoms with van der Waals surface area (Å²) in [4.78, 5) is 10.8. The minimum atomic E-state index is 0.279. The van der Waals surface area contributed by atoms with Gasteiger partial charge >= 0.3 is 0 Å². The summed E-state index contributed by atoms with van der Waals surface area (Å²) in [6.45, 7) is 9.38. The first-order valence-electron chi connectivity index (χ1n) is 9.79. The van der Waals surface area contributed by atoms with Gasteiger partial charge in [0, 0.05) is 37.3 Å². The number of hydrogen-bond donors (Lipinski definition) is 3. The van der Waals surface area contributed by atoms with Gasteiger partial charge in [-0.25, -0.2) is 4.98 Å². The molecule has 0 aromatic carbocycles. The Morgan fingerprint density at radius 2 is 2.00 bits per heavy atom. The molecule has 3 atom stereocenters. The number of aromatic nitrogens is 2. The number of aromatic amines is 1. The van der Waals surface area contributed by atoms with Gasteiger partial charge in [-0.1, -0.05) is 33.6 Å². The van der Waals surface area contributed by atoms with Gasteiger partial charge in [0.25, 0.3) is 0 Å². The smallest absolute Gasteiger partial charge is 0.0925 e. The van der Waals surface area contributed by atoms with E-state index >= 15 is 0 Å². The van der Waals surface area contributed by atoms with Crippen molar-refractivity contribution in [3.63, 3.8) is 0 Å². The molecule has 3 N–H and O–H groups in total. The van der Waals surface area contributed by atoms with E-state index in [1.165, 1.54) is 50.0 Å². The maximum Gasteiger partial charge on any atom is 0.0925 e. The topological polar surface area (TPSA) is 56.0 Å². The normalized spacial score (nSPS) is 32.4. The second-order valence-electron chi connectivity index (χ2n) is 9.16. The molecule has 24 heavy (non-hydrogen) atoms. The summed E-state index contributed by atoms with van der Waals surface area (Å²) in [5.41, 5.74) is 10.1. The maximum atomic E-state index is 4.73. The lowest BCUT2D eigenvalue weighted by Crippen LogP contribution is -2.48. The third-order valence-electron chi connectivity index (χ3n) is 6.40. The van der Waals surface area contributed by atoms with Crippen LogP contribution in [0.25, 0.3) is 0 Å². The fraction of sp³-hybridized carbons (Fsp3) is 0.842. The van der Waals surface area contributed by atoms with Crippen molar-refractivity contribution < 1.29 is 0 Å². The highest BCUT2D eigenvalue weighted by atomic mass is 15.4. The number of H-pyrrole nitrogens is 1. The van der Waals surface area contributed by atoms with Gasteiger partial charge in [0.05, 0.1) is 18.1 Å². The first-order chi connectivity index (χ1) is 11.5. The zero-order valence-electron chi connectivity index (χ0n) is 15.4. The Kier molecular flexibility index (Phi) is 4.43. The lowest BCUT2D eigenvalue weighted by molar-refractivity contribution is 0.123. The Labute approximate surface area is 146 Å². The van der Waals surface area contributed by atoms with Crippen molar-refractivity contribution in [1.29, 1.82) is 0 Å². The predicted octanol–water partition coefficient (Wildman–Crippen LogP) is 2.78. The minimum absolute atomic E-state index is 0.279. The second kappa shape index (κ2) is 6.43. The average Bonchev–Trinajstić information content (AvgIpc) is 3.27. The Hall–Kier alpha value is -0.910. The predicted molar refractivity (Wildman–Crippen MR) is 96.5 cm³/mol. The number of hydrazine groups is 1. The van der Waals surface area contributed by atoms with Crippen molar-refractivity contribution in [3.05, 3.63) is 17.7 Å². The minimum Gasteiger partial charge on any atom is -0.348 e. The van der Waals surface area contributed by atoms with E-state index in [0.717, 1.165) is 18.9 Å². The Balaban J connectivity index is 1.54. The van der Waals surface area contributed by atoms with Crippen LogP contribution < -0.4 is 10.9 Å². The quantitative estimate of drug-likeness (QED) is 0.797. The fourth-order valence-electron chi connectivity index (χ4n) is 4.89. The first kappa shape index (κ1) is 16.6. The largest absolute Gasteiger partial charge is 0.348 e. The van der Waals surface area contributed by atoms with Crippen LogP contribution in [-0.2, 0) is 6.42 Å². The summed E-state index contributed by atoms with van der Waals surface area (Å²) in [6.07, 6.45) is 9.84. The van der Waals surface area contributed by atoms with E-state index in [4.69, 9.17) is 4.98 Å². The molecule has 1 aromatic heterocycles. The summed E-state index contributed by atoms with van der Waals surface area (Å²) in [7, 11) is 0. The van der Waals surface area contributed by atoms with Crippen LogP contribution in [0.4, 0.5) is 0 Å². The van der Waals surface area contributed by atoms with Gasteiger partial charge in [-0.05, 0) is 30.6 Å². The standard InChI is InChI=1S/C19H33N5/c1-19(2,3)16-10-15(22-23-16)18-17-14(20-12-21-17)8-9-24(18)11-13-6-4-5-7-13/h12-13,15-16,18,22-23H,4-11H2,1-3H3,(H,20,21). The molecule has 0 amide bonds. The van der Waals surface area contributed by atoms with Crippen molar-refractivity contribution in [1.82, 2.24) is 25.7 Å². The molecule has 1 saturated heterocycles. The first-order valence-corrected chi connectivity index (χ1v) is 9.79. The van der Waals surface area contributed by atoms with Crippen molar-refractivity contribution in [3.8, 4) is 0 Å². The number of imidazole rings is 1. The number of fused-ring (bicyclic) bond motifs is 1. The number of nitrogens with one attached hydrogen (secondary N) is 3. The van der Waals surface area contributed by atoms with Gasteiger partial charge in [-0.15, -0.1) is 0 Å². The van der Waals surface area contributed by atoms with Crippen LogP contribution in [0.1, 0.15) is 70.3 Å². The van der Waals surface area contributed by atoms with Crippen LogP contribution in [0.2, 0.25) is 0 Å². The van der Waals surface area contributed by atoms with Crippen LogP contribution in [0.15, 0.2) is 6.33 Å². The Bertz CT molecular complexity index is 554. The summed E-state index contributed by atoms with van der Waals surface area (Å²) in [6, 6.07) is 1.36. The molecular formula is C19H33N5. The molecule has 2 aliphatic heterocycles. The number of nitrogens with zero attached hydrogens (tertiary/aromatic N) is 2. The molecule has 5 nitrogen and oxygen atoms in total. The summed E-state index contributed by atoms with van der Waals surface area (Å²) >= 11 is 0. The van der Waals surface area contributed by atoms with Crippen molar-refractivity contribution >= 4 is 0 Å². The van der Waals surface area contributed by atoms with Gasteiger partial charge in [0.15, 0.2) is 0 Å². The molecule has 4 rings (SSSR count). The maximum absolute atomic E-state index is 4.73. The molecule has 2 fully saturated rings. The molecule has 3 unspecified atom stereocenters. The van der Waals surface area contributed by atoms with Gasteiger partial charge in [0.2, 0.25) is 0 Å². The van der Waals surface area contributed by atoms with E-state index in [2.05, 4.69) is 41.5 Å². The second-order valence-corrected chi connectivity index (χ2v) is 9.16. The van der Waals surface area contributed by atoms with Gasteiger partial charge in [-0.3, -0.25) is 15.8 Å². The highest BCUT2D eigenvalue weighted by Gasteiger charge is 2.42. The van der Waals surface area contributed by atoms with Gasteiger partial charge in [0.1, 0.15) is 0 Å². The monoisotopic (exact) mass is 331 g/mol. The average molecular weight is 332 g/mol. The van der Waals surface area contributed by atoms with E-state index in [9.17, 15) is 0 Å². The molecule has 3 heterocycles. The third kappa shape index (κ3) is 3.14. The van der Waals surface area contributed by atoms with Gasteiger partial charge in [-0.2, -0.15) is 0 Å². The van der Waals surface area contributed by atoms with Crippen LogP contribution in [0.3, 0.4) is 0 Å². The van der Waals surface area contributed by atoms with Crippen LogP contribution >= 0.6 is 0 Å². The summed E-state index contributed by atoms with van der Waals surface area (Å²) in [5, 5.41) is 0. The highest BCUT2D eigenvalue weighted by molar-refractivity contribution is 5.22. The van der Waals surface area contributed by atoms with Crippen LogP contribution in [-0.4, -0.2) is 40.0 Å². The van der Waals surface area contributed by atoms with Crippen LogP contribution in [0, 0.1) is 11.3 Å². The van der Waals surface area contributed by atoms with Crippen LogP contribution in [0.5, 0.6) is 0 Å². The van der Waals surface area contributed by atoms with E-state index in [0.29, 0.717) is 18.1 Å². The Morgan fingerprint density at radius 3 is 2.71 bits per heavy atom. The van der Waals surface area contributed by atoms with Crippen molar-refractivity contribution in [2.24, 2.45) is 11.3 Å². The van der Waals surface area contributed by atoms with E-state index in [-0.39, 0.29) is 5.41 Å². The zero-order chi connectivity index (χ0) is 16.7. The number of hydrogen-bond acceptors (Lipinski definition) is 4. The van der Waals surface area contributed by atoms with E-state index < -0.39 is 0 Å². The summed E-state index contributed by atoms with van der Waals surface area (Å²) in [5.74, 6) is 0.890. The molecular weight excluding hydrogens is 298 g/mol. The van der Waals surface area contributed by atoms with E-state index in [1.54, 1.807) is 0 Å². The number of rotatable bonds is 3. The van der Waals surface area contributed by atoms with Crippen molar-refractivity contribution in [2.75, 3.05) is 13.1 Å². The molecule has 1 saturated carbocycles. The molecule has 0 bridgehead atoms. The molecule has 0 spiro atoms. The van der Waals surface area contributed by atoms with E-state index in [1.807, 2.05) is 6.33 Å².